The highest BCUT2D eigenvalue weighted by molar-refractivity contribution is 5.93. The van der Waals surface area contributed by atoms with Crippen molar-refractivity contribution in [3.63, 3.8) is 0 Å². The van der Waals surface area contributed by atoms with E-state index in [1.165, 1.54) is 12.0 Å². The zero-order valence-corrected chi connectivity index (χ0v) is 16.0. The van der Waals surface area contributed by atoms with Gasteiger partial charge in [0, 0.05) is 63.1 Å². The summed E-state index contributed by atoms with van der Waals surface area (Å²) in [5.74, 6) is 1.04. The van der Waals surface area contributed by atoms with Crippen molar-refractivity contribution < 1.29 is 9.53 Å². The normalized spacial score (nSPS) is 18.2. The molecule has 8 nitrogen and oxygen atoms in total. The number of fused-ring (bicyclic) bond motifs is 1. The van der Waals surface area contributed by atoms with Crippen LogP contribution in [0.15, 0.2) is 12.5 Å². The van der Waals surface area contributed by atoms with E-state index in [9.17, 15) is 4.79 Å². The molecule has 0 aromatic carbocycles. The first-order valence-corrected chi connectivity index (χ1v) is 9.54. The number of hydrogen-bond acceptors (Lipinski definition) is 6. The monoisotopic (exact) mass is 370 g/mol. The fourth-order valence-corrected chi connectivity index (χ4v) is 3.72. The van der Waals surface area contributed by atoms with Crippen LogP contribution in [0.3, 0.4) is 0 Å². The first kappa shape index (κ1) is 18.1. The summed E-state index contributed by atoms with van der Waals surface area (Å²) in [6.45, 7) is 10.3. The van der Waals surface area contributed by atoms with E-state index in [1.54, 1.807) is 0 Å². The van der Waals surface area contributed by atoms with Crippen molar-refractivity contribution in [3.8, 4) is 0 Å². The van der Waals surface area contributed by atoms with Crippen LogP contribution >= 0.6 is 0 Å². The van der Waals surface area contributed by atoms with E-state index < -0.39 is 0 Å². The smallest absolute Gasteiger partial charge is 0.272 e. The number of carbonyl (C=O) groups excluding carboxylic acids is 1. The van der Waals surface area contributed by atoms with Gasteiger partial charge in [-0.2, -0.15) is 0 Å². The Bertz CT molecular complexity index is 828. The van der Waals surface area contributed by atoms with Crippen LogP contribution in [0.1, 0.15) is 33.3 Å². The molecule has 144 valence electrons. The molecular weight excluding hydrogens is 344 g/mol. The standard InChI is InChI=1S/C19H26N6O2/c1-14-15(2)21-13-22-18(14)19(26)24-4-3-17-20-11-16(25(17)6-5-24)12-23-7-9-27-10-8-23/h11,13H,3-10,12H2,1-2H3. The molecule has 0 bridgehead atoms. The fraction of sp³-hybridized carbons (Fsp3) is 0.579. The maximum absolute atomic E-state index is 13.0. The van der Waals surface area contributed by atoms with Gasteiger partial charge in [0.1, 0.15) is 17.8 Å². The molecule has 0 aliphatic carbocycles. The summed E-state index contributed by atoms with van der Waals surface area (Å²) in [5, 5.41) is 0. The van der Waals surface area contributed by atoms with Gasteiger partial charge in [0.05, 0.1) is 18.9 Å². The Morgan fingerprint density at radius 1 is 1.07 bits per heavy atom. The molecule has 2 aromatic rings. The van der Waals surface area contributed by atoms with E-state index in [2.05, 4.69) is 24.4 Å². The van der Waals surface area contributed by atoms with Crippen molar-refractivity contribution in [2.24, 2.45) is 0 Å². The van der Waals surface area contributed by atoms with Crippen LogP contribution in [0.2, 0.25) is 0 Å². The number of amides is 1. The Morgan fingerprint density at radius 2 is 1.89 bits per heavy atom. The minimum absolute atomic E-state index is 0.0153. The van der Waals surface area contributed by atoms with Gasteiger partial charge in [-0.1, -0.05) is 0 Å². The minimum atomic E-state index is -0.0153. The van der Waals surface area contributed by atoms with Gasteiger partial charge in [0.2, 0.25) is 0 Å². The van der Waals surface area contributed by atoms with Crippen molar-refractivity contribution in [3.05, 3.63) is 41.0 Å². The lowest BCUT2D eigenvalue weighted by Gasteiger charge is -2.27. The molecule has 4 rings (SSSR count). The fourth-order valence-electron chi connectivity index (χ4n) is 3.72. The molecule has 0 saturated carbocycles. The maximum atomic E-state index is 13.0. The highest BCUT2D eigenvalue weighted by atomic mass is 16.5. The van der Waals surface area contributed by atoms with Crippen LogP contribution < -0.4 is 0 Å². The molecule has 0 atom stereocenters. The Labute approximate surface area is 159 Å². The van der Waals surface area contributed by atoms with E-state index in [0.29, 0.717) is 18.8 Å². The quantitative estimate of drug-likeness (QED) is 0.796. The molecule has 2 aromatic heterocycles. The first-order valence-electron chi connectivity index (χ1n) is 9.54. The molecule has 27 heavy (non-hydrogen) atoms. The Hall–Kier alpha value is -2.32. The van der Waals surface area contributed by atoms with Crippen molar-refractivity contribution in [2.75, 3.05) is 39.4 Å². The largest absolute Gasteiger partial charge is 0.379 e. The van der Waals surface area contributed by atoms with Crippen LogP contribution in [0.25, 0.3) is 0 Å². The van der Waals surface area contributed by atoms with Gasteiger partial charge >= 0.3 is 0 Å². The Morgan fingerprint density at radius 3 is 2.70 bits per heavy atom. The molecule has 0 N–H and O–H groups in total. The number of morpholine rings is 1. The van der Waals surface area contributed by atoms with Crippen LogP contribution in [-0.2, 0) is 24.2 Å². The number of imidazole rings is 1. The molecule has 1 saturated heterocycles. The highest BCUT2D eigenvalue weighted by Gasteiger charge is 2.25. The zero-order valence-electron chi connectivity index (χ0n) is 16.0. The summed E-state index contributed by atoms with van der Waals surface area (Å²) < 4.78 is 7.71. The number of ether oxygens (including phenoxy) is 1. The number of rotatable bonds is 3. The molecule has 2 aliphatic heterocycles. The Balaban J connectivity index is 1.47. The lowest BCUT2D eigenvalue weighted by atomic mass is 10.1. The average Bonchev–Trinajstić information content (AvgIpc) is 2.93. The van der Waals surface area contributed by atoms with E-state index in [1.807, 2.05) is 24.9 Å². The molecule has 4 heterocycles. The summed E-state index contributed by atoms with van der Waals surface area (Å²) in [5.41, 5.74) is 3.44. The molecule has 1 fully saturated rings. The van der Waals surface area contributed by atoms with Crippen LogP contribution in [-0.4, -0.2) is 74.6 Å². The third kappa shape index (κ3) is 3.72. The van der Waals surface area contributed by atoms with Crippen LogP contribution in [0.4, 0.5) is 0 Å². The van der Waals surface area contributed by atoms with Crippen molar-refractivity contribution in [1.29, 1.82) is 0 Å². The van der Waals surface area contributed by atoms with E-state index in [0.717, 1.165) is 62.9 Å². The number of aryl methyl sites for hydroxylation is 1. The summed E-state index contributed by atoms with van der Waals surface area (Å²) >= 11 is 0. The lowest BCUT2D eigenvalue weighted by Crippen LogP contribution is -2.36. The second-order valence-electron chi connectivity index (χ2n) is 7.18. The molecule has 0 unspecified atom stereocenters. The summed E-state index contributed by atoms with van der Waals surface area (Å²) in [4.78, 5) is 30.3. The van der Waals surface area contributed by atoms with Gasteiger partial charge in [-0.25, -0.2) is 15.0 Å². The van der Waals surface area contributed by atoms with E-state index in [-0.39, 0.29) is 5.91 Å². The third-order valence-electron chi connectivity index (χ3n) is 5.53. The van der Waals surface area contributed by atoms with Crippen molar-refractivity contribution in [2.45, 2.75) is 33.4 Å². The highest BCUT2D eigenvalue weighted by Crippen LogP contribution is 2.17. The second kappa shape index (κ2) is 7.74. The molecule has 0 radical (unpaired) electrons. The topological polar surface area (TPSA) is 76.4 Å². The number of nitrogens with zero attached hydrogens (tertiary/aromatic N) is 6. The zero-order chi connectivity index (χ0) is 18.8. The predicted molar refractivity (Wildman–Crippen MR) is 99.4 cm³/mol. The van der Waals surface area contributed by atoms with Gasteiger partial charge in [-0.15, -0.1) is 0 Å². The summed E-state index contributed by atoms with van der Waals surface area (Å²) in [6, 6.07) is 0. The molecule has 1 amide bonds. The molecule has 2 aliphatic rings. The maximum Gasteiger partial charge on any atom is 0.272 e. The minimum Gasteiger partial charge on any atom is -0.379 e. The summed E-state index contributed by atoms with van der Waals surface area (Å²) in [6.07, 6.45) is 4.22. The molecule has 8 heteroatoms. The molecular formula is C19H26N6O2. The van der Waals surface area contributed by atoms with E-state index in [4.69, 9.17) is 4.74 Å². The van der Waals surface area contributed by atoms with Gasteiger partial charge in [0.15, 0.2) is 0 Å². The molecule has 0 spiro atoms. The van der Waals surface area contributed by atoms with Crippen LogP contribution in [0.5, 0.6) is 0 Å². The van der Waals surface area contributed by atoms with Gasteiger partial charge < -0.3 is 14.2 Å². The van der Waals surface area contributed by atoms with Crippen molar-refractivity contribution >= 4 is 5.91 Å². The Kier molecular flexibility index (Phi) is 5.18. The van der Waals surface area contributed by atoms with Gasteiger partial charge in [0.25, 0.3) is 5.91 Å². The van der Waals surface area contributed by atoms with Gasteiger partial charge in [-0.3, -0.25) is 9.69 Å². The second-order valence-corrected chi connectivity index (χ2v) is 7.18. The number of carbonyl (C=O) groups is 1. The first-order chi connectivity index (χ1) is 13.1. The SMILES string of the molecule is Cc1ncnc(C(=O)N2CCc3ncc(CN4CCOCC4)n3CC2)c1C. The van der Waals surface area contributed by atoms with Crippen LogP contribution in [0, 0.1) is 13.8 Å². The summed E-state index contributed by atoms with van der Waals surface area (Å²) in [7, 11) is 0. The number of aromatic nitrogens is 4. The lowest BCUT2D eigenvalue weighted by molar-refractivity contribution is 0.0331. The average molecular weight is 370 g/mol. The van der Waals surface area contributed by atoms with Crippen molar-refractivity contribution in [1.82, 2.24) is 29.3 Å². The van der Waals surface area contributed by atoms with Gasteiger partial charge in [-0.05, 0) is 13.8 Å². The predicted octanol–water partition coefficient (Wildman–Crippen LogP) is 0.821. The third-order valence-corrected chi connectivity index (χ3v) is 5.53. The van der Waals surface area contributed by atoms with E-state index >= 15 is 0 Å². The number of hydrogen-bond donors (Lipinski definition) is 0.